The molecule has 2 aliphatic heterocycles. The Morgan fingerprint density at radius 2 is 2.06 bits per heavy atom. The molecule has 0 saturated carbocycles. The molecular weight excluding hydrogens is 200 g/mol. The predicted octanol–water partition coefficient (Wildman–Crippen LogP) is 2.91. The molecule has 3 nitrogen and oxygen atoms in total. The largest absolute Gasteiger partial charge is 0.387 e. The summed E-state index contributed by atoms with van der Waals surface area (Å²) in [7, 11) is 2.16. The number of piperidine rings is 1. The van der Waals surface area contributed by atoms with E-state index in [1.165, 1.54) is 18.7 Å². The number of nitrogens with zero attached hydrogens (tertiary/aromatic N) is 2. The van der Waals surface area contributed by atoms with Crippen molar-refractivity contribution >= 4 is 5.71 Å². The minimum atomic E-state index is 0.0204. The van der Waals surface area contributed by atoms with E-state index in [0.29, 0.717) is 5.92 Å². The highest BCUT2D eigenvalue weighted by Crippen LogP contribution is 2.34. The molecule has 2 rings (SSSR count). The fraction of sp³-hybridized carbons (Fsp3) is 0.923. The Bertz CT molecular complexity index is 250. The predicted molar refractivity (Wildman–Crippen MR) is 68.8 cm³/mol. The second kappa shape index (κ2) is 5.67. The first-order valence-electron chi connectivity index (χ1n) is 6.55. The zero-order chi connectivity index (χ0) is 12.2. The van der Waals surface area contributed by atoms with Crippen molar-refractivity contribution < 1.29 is 4.84 Å². The van der Waals surface area contributed by atoms with E-state index < -0.39 is 0 Å². The fourth-order valence-electron chi connectivity index (χ4n) is 2.40. The minimum absolute atomic E-state index is 0.0204. The highest BCUT2D eigenvalue weighted by molar-refractivity contribution is 5.87. The molecule has 1 saturated heterocycles. The van der Waals surface area contributed by atoms with Gasteiger partial charge in [0.25, 0.3) is 0 Å². The van der Waals surface area contributed by atoms with Crippen LogP contribution in [0, 0.1) is 5.92 Å². The third-order valence-electron chi connectivity index (χ3n) is 3.26. The average Bonchev–Trinajstić information content (AvgIpc) is 2.65. The Balaban J connectivity index is 0.000000606. The van der Waals surface area contributed by atoms with E-state index >= 15 is 0 Å². The summed E-state index contributed by atoms with van der Waals surface area (Å²) in [6, 6.07) is 0. The highest BCUT2D eigenvalue weighted by atomic mass is 16.7. The van der Waals surface area contributed by atoms with E-state index in [9.17, 15) is 0 Å². The Hall–Kier alpha value is -0.570. The van der Waals surface area contributed by atoms with E-state index in [0.717, 1.165) is 19.4 Å². The zero-order valence-corrected chi connectivity index (χ0v) is 11.4. The highest BCUT2D eigenvalue weighted by Gasteiger charge is 2.42. The van der Waals surface area contributed by atoms with E-state index in [2.05, 4.69) is 31.0 Å². The third-order valence-corrected chi connectivity index (χ3v) is 3.26. The molecule has 1 atom stereocenters. The van der Waals surface area contributed by atoms with Crippen molar-refractivity contribution in [2.24, 2.45) is 11.1 Å². The lowest BCUT2D eigenvalue weighted by molar-refractivity contribution is -0.0631. The third kappa shape index (κ3) is 2.97. The topological polar surface area (TPSA) is 24.8 Å². The van der Waals surface area contributed by atoms with Crippen LogP contribution in [0.2, 0.25) is 0 Å². The number of oxime groups is 1. The summed E-state index contributed by atoms with van der Waals surface area (Å²) < 4.78 is 0. The van der Waals surface area contributed by atoms with Crippen LogP contribution in [0.5, 0.6) is 0 Å². The molecule has 1 fully saturated rings. The van der Waals surface area contributed by atoms with Crippen LogP contribution in [0.25, 0.3) is 0 Å². The van der Waals surface area contributed by atoms with Crippen molar-refractivity contribution in [3.8, 4) is 0 Å². The lowest BCUT2D eigenvalue weighted by atomic mass is 9.86. The SMILES string of the molecule is CC.CC(C)C1=NOC2(CCCN(C)C2)C1. The number of likely N-dealkylation sites (tertiary alicyclic amines) is 1. The first-order valence-corrected chi connectivity index (χ1v) is 6.55. The van der Waals surface area contributed by atoms with E-state index in [4.69, 9.17) is 4.84 Å². The van der Waals surface area contributed by atoms with Gasteiger partial charge < -0.3 is 9.74 Å². The van der Waals surface area contributed by atoms with Crippen molar-refractivity contribution in [3.05, 3.63) is 0 Å². The molecule has 0 radical (unpaired) electrons. The summed E-state index contributed by atoms with van der Waals surface area (Å²) in [5.74, 6) is 0.529. The van der Waals surface area contributed by atoms with E-state index in [1.54, 1.807) is 0 Å². The molecule has 16 heavy (non-hydrogen) atoms. The molecule has 94 valence electrons. The summed E-state index contributed by atoms with van der Waals surface area (Å²) in [6.45, 7) is 10.6. The molecule has 0 amide bonds. The first-order chi connectivity index (χ1) is 7.61. The smallest absolute Gasteiger partial charge is 0.155 e. The van der Waals surface area contributed by atoms with Crippen LogP contribution in [0.1, 0.15) is 47.0 Å². The van der Waals surface area contributed by atoms with Gasteiger partial charge in [-0.15, -0.1) is 0 Å². The molecule has 0 N–H and O–H groups in total. The lowest BCUT2D eigenvalue weighted by Crippen LogP contribution is -2.46. The molecule has 3 heteroatoms. The van der Waals surface area contributed by atoms with Gasteiger partial charge in [-0.3, -0.25) is 0 Å². The van der Waals surface area contributed by atoms with Crippen molar-refractivity contribution in [1.29, 1.82) is 0 Å². The number of likely N-dealkylation sites (N-methyl/N-ethyl adjacent to an activating group) is 1. The fourth-order valence-corrected chi connectivity index (χ4v) is 2.40. The maximum absolute atomic E-state index is 5.67. The molecule has 0 aliphatic carbocycles. The molecule has 1 spiro atoms. The maximum Gasteiger partial charge on any atom is 0.155 e. The van der Waals surface area contributed by atoms with Crippen LogP contribution in [0.4, 0.5) is 0 Å². The van der Waals surface area contributed by atoms with Gasteiger partial charge in [-0.05, 0) is 32.4 Å². The summed E-state index contributed by atoms with van der Waals surface area (Å²) in [5, 5.41) is 4.24. The van der Waals surface area contributed by atoms with Crippen LogP contribution < -0.4 is 0 Å². The number of hydrogen-bond acceptors (Lipinski definition) is 3. The van der Waals surface area contributed by atoms with Crippen LogP contribution in [-0.2, 0) is 4.84 Å². The average molecular weight is 226 g/mol. The lowest BCUT2D eigenvalue weighted by Gasteiger charge is -2.36. The molecule has 0 aromatic heterocycles. The quantitative estimate of drug-likeness (QED) is 0.687. The van der Waals surface area contributed by atoms with Gasteiger partial charge in [0.15, 0.2) is 5.60 Å². The second-order valence-corrected chi connectivity index (χ2v) is 5.03. The molecule has 2 heterocycles. The van der Waals surface area contributed by atoms with Crippen LogP contribution in [0.15, 0.2) is 5.16 Å². The number of hydrogen-bond donors (Lipinski definition) is 0. The van der Waals surface area contributed by atoms with Gasteiger partial charge in [0.05, 0.1) is 5.71 Å². The van der Waals surface area contributed by atoms with Crippen LogP contribution in [0.3, 0.4) is 0 Å². The summed E-state index contributed by atoms with van der Waals surface area (Å²) in [4.78, 5) is 8.02. The normalized spacial score (nSPS) is 29.8. The molecule has 1 unspecified atom stereocenters. The Morgan fingerprint density at radius 1 is 1.38 bits per heavy atom. The van der Waals surface area contributed by atoms with E-state index in [1.807, 2.05) is 13.8 Å². The van der Waals surface area contributed by atoms with E-state index in [-0.39, 0.29) is 5.60 Å². The molecular formula is C13H26N2O. The van der Waals surface area contributed by atoms with Crippen molar-refractivity contribution in [3.63, 3.8) is 0 Å². The Morgan fingerprint density at radius 3 is 2.56 bits per heavy atom. The summed E-state index contributed by atoms with van der Waals surface area (Å²) in [6.07, 6.45) is 3.43. The maximum atomic E-state index is 5.67. The van der Waals surface area contributed by atoms with Gasteiger partial charge in [0.1, 0.15) is 0 Å². The van der Waals surface area contributed by atoms with Crippen molar-refractivity contribution in [2.75, 3.05) is 20.1 Å². The summed E-state index contributed by atoms with van der Waals surface area (Å²) >= 11 is 0. The van der Waals surface area contributed by atoms with Crippen molar-refractivity contribution in [1.82, 2.24) is 4.90 Å². The second-order valence-electron chi connectivity index (χ2n) is 5.03. The van der Waals surface area contributed by atoms with Crippen LogP contribution in [-0.4, -0.2) is 36.3 Å². The molecule has 2 aliphatic rings. The van der Waals surface area contributed by atoms with Crippen LogP contribution >= 0.6 is 0 Å². The van der Waals surface area contributed by atoms with Crippen molar-refractivity contribution in [2.45, 2.75) is 52.6 Å². The monoisotopic (exact) mass is 226 g/mol. The summed E-state index contributed by atoms with van der Waals surface area (Å²) in [5.41, 5.74) is 1.26. The van der Waals surface area contributed by atoms with Gasteiger partial charge in [-0.1, -0.05) is 32.9 Å². The van der Waals surface area contributed by atoms with Gasteiger partial charge in [0, 0.05) is 13.0 Å². The zero-order valence-electron chi connectivity index (χ0n) is 11.4. The standard InChI is InChI=1S/C11H20N2O.C2H6/c1-9(2)10-7-11(14-12-10)5-4-6-13(3)8-11;1-2/h9H,4-8H2,1-3H3;1-2H3. The van der Waals surface area contributed by atoms with Gasteiger partial charge >= 0.3 is 0 Å². The molecule has 0 aromatic rings. The Kier molecular flexibility index (Phi) is 4.78. The minimum Gasteiger partial charge on any atom is -0.387 e. The first kappa shape index (κ1) is 13.5. The Labute approximate surface area is 99.8 Å². The molecule has 0 aromatic carbocycles. The number of rotatable bonds is 1. The molecule has 0 bridgehead atoms. The van der Waals surface area contributed by atoms with Gasteiger partial charge in [-0.25, -0.2) is 0 Å². The van der Waals surface area contributed by atoms with Gasteiger partial charge in [0.2, 0.25) is 0 Å². The van der Waals surface area contributed by atoms with Gasteiger partial charge in [-0.2, -0.15) is 0 Å².